The minimum atomic E-state index is -0.302. The molecule has 1 rings (SSSR count). The predicted molar refractivity (Wildman–Crippen MR) is 85.1 cm³/mol. The molecule has 2 nitrogen and oxygen atoms in total. The van der Waals surface area contributed by atoms with Crippen molar-refractivity contribution in [3.05, 3.63) is 35.6 Å². The highest BCUT2D eigenvalue weighted by Gasteiger charge is 2.12. The van der Waals surface area contributed by atoms with Crippen LogP contribution in [0.2, 0.25) is 0 Å². The fourth-order valence-corrected chi connectivity index (χ4v) is 3.08. The molecule has 0 saturated carbocycles. The zero-order chi connectivity index (χ0) is 15.0. The van der Waals surface area contributed by atoms with Gasteiger partial charge < -0.3 is 4.90 Å². The van der Waals surface area contributed by atoms with E-state index in [1.165, 1.54) is 12.1 Å². The van der Waals surface area contributed by atoms with Crippen molar-refractivity contribution in [3.63, 3.8) is 0 Å². The molecular weight excluding hydrogens is 273 g/mol. The predicted octanol–water partition coefficient (Wildman–Crippen LogP) is 3.86. The van der Waals surface area contributed by atoms with Crippen LogP contribution in [0.4, 0.5) is 4.39 Å². The first-order valence-corrected chi connectivity index (χ1v) is 8.45. The quantitative estimate of drug-likeness (QED) is 0.646. The molecule has 1 atom stereocenters. The third-order valence-electron chi connectivity index (χ3n) is 3.53. The molecule has 0 aromatic heterocycles. The second-order valence-corrected chi connectivity index (χ2v) is 5.94. The molecule has 4 heteroatoms. The molecule has 0 bridgehead atoms. The summed E-state index contributed by atoms with van der Waals surface area (Å²) in [6.07, 6.45) is 4.61. The Morgan fingerprint density at radius 1 is 1.35 bits per heavy atom. The lowest BCUT2D eigenvalue weighted by molar-refractivity contribution is 0.0974. The number of hydrogen-bond acceptors (Lipinski definition) is 3. The van der Waals surface area contributed by atoms with Gasteiger partial charge in [-0.1, -0.05) is 6.92 Å². The standard InChI is InChI=1S/C16H24FNOS/c1-4-15(12-20-3)18(2)11-5-6-16(19)13-7-9-14(17)10-8-13/h7-10,15H,4-6,11-12H2,1-3H3. The van der Waals surface area contributed by atoms with Crippen LogP contribution in [0.1, 0.15) is 36.5 Å². The Balaban J connectivity index is 2.36. The first-order chi connectivity index (χ1) is 9.58. The van der Waals surface area contributed by atoms with Gasteiger partial charge in [0.05, 0.1) is 0 Å². The fourth-order valence-electron chi connectivity index (χ4n) is 2.20. The molecule has 0 radical (unpaired) electrons. The van der Waals surface area contributed by atoms with E-state index in [4.69, 9.17) is 0 Å². The summed E-state index contributed by atoms with van der Waals surface area (Å²) in [5.41, 5.74) is 0.602. The van der Waals surface area contributed by atoms with Crippen LogP contribution in [-0.4, -0.2) is 42.3 Å². The van der Waals surface area contributed by atoms with Crippen molar-refractivity contribution in [2.75, 3.05) is 25.6 Å². The maximum atomic E-state index is 12.8. The maximum Gasteiger partial charge on any atom is 0.162 e. The zero-order valence-corrected chi connectivity index (χ0v) is 13.4. The highest BCUT2D eigenvalue weighted by atomic mass is 32.2. The lowest BCUT2D eigenvalue weighted by Gasteiger charge is -2.26. The Hall–Kier alpha value is -0.870. The minimum absolute atomic E-state index is 0.0938. The largest absolute Gasteiger partial charge is 0.303 e. The number of ketones is 1. The molecule has 0 fully saturated rings. The summed E-state index contributed by atoms with van der Waals surface area (Å²) < 4.78 is 12.8. The molecular formula is C16H24FNOS. The van der Waals surface area contributed by atoms with Crippen molar-refractivity contribution in [2.24, 2.45) is 0 Å². The summed E-state index contributed by atoms with van der Waals surface area (Å²) in [7, 11) is 2.12. The summed E-state index contributed by atoms with van der Waals surface area (Å²) >= 11 is 1.86. The van der Waals surface area contributed by atoms with Crippen LogP contribution < -0.4 is 0 Å². The molecule has 0 N–H and O–H groups in total. The first-order valence-electron chi connectivity index (χ1n) is 7.06. The van der Waals surface area contributed by atoms with E-state index in [2.05, 4.69) is 25.1 Å². The van der Waals surface area contributed by atoms with Crippen LogP contribution in [0.3, 0.4) is 0 Å². The summed E-state index contributed by atoms with van der Waals surface area (Å²) in [6.45, 7) is 3.12. The second kappa shape index (κ2) is 9.14. The lowest BCUT2D eigenvalue weighted by atomic mass is 10.1. The molecule has 0 aliphatic heterocycles. The summed E-state index contributed by atoms with van der Waals surface area (Å²) in [4.78, 5) is 14.3. The highest BCUT2D eigenvalue weighted by Crippen LogP contribution is 2.11. The van der Waals surface area contributed by atoms with Gasteiger partial charge in [0.25, 0.3) is 0 Å². The normalized spacial score (nSPS) is 12.7. The average Bonchev–Trinajstić information content (AvgIpc) is 2.45. The molecule has 0 spiro atoms. The van der Waals surface area contributed by atoms with Crippen LogP contribution in [0.25, 0.3) is 0 Å². The molecule has 0 amide bonds. The van der Waals surface area contributed by atoms with Gasteiger partial charge in [0, 0.05) is 23.8 Å². The van der Waals surface area contributed by atoms with E-state index in [1.807, 2.05) is 11.8 Å². The number of benzene rings is 1. The number of thioether (sulfide) groups is 1. The topological polar surface area (TPSA) is 20.3 Å². The van der Waals surface area contributed by atoms with Crippen molar-refractivity contribution in [1.82, 2.24) is 4.90 Å². The summed E-state index contributed by atoms with van der Waals surface area (Å²) in [5.74, 6) is 0.916. The fraction of sp³-hybridized carbons (Fsp3) is 0.562. The van der Waals surface area contributed by atoms with E-state index >= 15 is 0 Å². The van der Waals surface area contributed by atoms with Gasteiger partial charge in [0.2, 0.25) is 0 Å². The number of Topliss-reactive ketones (excluding diaryl/α,β-unsaturated/α-hetero) is 1. The van der Waals surface area contributed by atoms with Gasteiger partial charge in [-0.3, -0.25) is 4.79 Å². The van der Waals surface area contributed by atoms with E-state index in [9.17, 15) is 9.18 Å². The van der Waals surface area contributed by atoms with E-state index in [0.29, 0.717) is 18.0 Å². The Kier molecular flexibility index (Phi) is 7.85. The molecule has 20 heavy (non-hydrogen) atoms. The molecule has 1 unspecified atom stereocenters. The SMILES string of the molecule is CCC(CSC)N(C)CCCC(=O)c1ccc(F)cc1. The lowest BCUT2D eigenvalue weighted by Crippen LogP contribution is -2.34. The van der Waals surface area contributed by atoms with Crippen LogP contribution in [-0.2, 0) is 0 Å². The van der Waals surface area contributed by atoms with Crippen LogP contribution >= 0.6 is 11.8 Å². The number of carbonyl (C=O) groups is 1. The Morgan fingerprint density at radius 3 is 2.55 bits per heavy atom. The number of halogens is 1. The highest BCUT2D eigenvalue weighted by molar-refractivity contribution is 7.98. The Morgan fingerprint density at radius 2 is 2.00 bits per heavy atom. The van der Waals surface area contributed by atoms with Gasteiger partial charge >= 0.3 is 0 Å². The molecule has 0 saturated heterocycles. The van der Waals surface area contributed by atoms with Crippen molar-refractivity contribution in [2.45, 2.75) is 32.2 Å². The minimum Gasteiger partial charge on any atom is -0.303 e. The van der Waals surface area contributed by atoms with E-state index in [-0.39, 0.29) is 11.6 Å². The molecule has 0 heterocycles. The van der Waals surface area contributed by atoms with Crippen LogP contribution in [0, 0.1) is 5.82 Å². The van der Waals surface area contributed by atoms with Crippen molar-refractivity contribution in [1.29, 1.82) is 0 Å². The van der Waals surface area contributed by atoms with Gasteiger partial charge in [-0.05, 0) is 57.0 Å². The maximum absolute atomic E-state index is 12.8. The number of carbonyl (C=O) groups excluding carboxylic acids is 1. The molecule has 0 aliphatic rings. The molecule has 1 aromatic carbocycles. The van der Waals surface area contributed by atoms with Crippen LogP contribution in [0.15, 0.2) is 24.3 Å². The average molecular weight is 297 g/mol. The third-order valence-corrected chi connectivity index (χ3v) is 4.25. The molecule has 0 aliphatic carbocycles. The number of nitrogens with zero attached hydrogens (tertiary/aromatic N) is 1. The molecule has 112 valence electrons. The Labute approximate surface area is 125 Å². The summed E-state index contributed by atoms with van der Waals surface area (Å²) in [6, 6.07) is 6.37. The van der Waals surface area contributed by atoms with Gasteiger partial charge in [0.15, 0.2) is 5.78 Å². The smallest absolute Gasteiger partial charge is 0.162 e. The van der Waals surface area contributed by atoms with Gasteiger partial charge in [0.1, 0.15) is 5.82 Å². The van der Waals surface area contributed by atoms with Crippen LogP contribution in [0.5, 0.6) is 0 Å². The molecule has 1 aromatic rings. The van der Waals surface area contributed by atoms with Crippen molar-refractivity contribution in [3.8, 4) is 0 Å². The Bertz CT molecular complexity index is 407. The zero-order valence-electron chi connectivity index (χ0n) is 12.6. The van der Waals surface area contributed by atoms with Gasteiger partial charge in [-0.2, -0.15) is 11.8 Å². The van der Waals surface area contributed by atoms with E-state index in [0.717, 1.165) is 25.1 Å². The number of rotatable bonds is 9. The monoisotopic (exact) mass is 297 g/mol. The first kappa shape index (κ1) is 17.2. The van der Waals surface area contributed by atoms with E-state index < -0.39 is 0 Å². The summed E-state index contributed by atoms with van der Waals surface area (Å²) in [5, 5.41) is 0. The third kappa shape index (κ3) is 5.63. The van der Waals surface area contributed by atoms with Crippen molar-refractivity contribution < 1.29 is 9.18 Å². The number of hydrogen-bond donors (Lipinski definition) is 0. The second-order valence-electron chi connectivity index (χ2n) is 5.03. The van der Waals surface area contributed by atoms with E-state index in [1.54, 1.807) is 12.1 Å². The van der Waals surface area contributed by atoms with Gasteiger partial charge in [-0.25, -0.2) is 4.39 Å². The van der Waals surface area contributed by atoms with Crippen molar-refractivity contribution >= 4 is 17.5 Å². The van der Waals surface area contributed by atoms with Gasteiger partial charge in [-0.15, -0.1) is 0 Å².